The number of likely N-dealkylation sites (N-methyl/N-ethyl adjacent to an activating group) is 1. The van der Waals surface area contributed by atoms with Gasteiger partial charge >= 0.3 is 0 Å². The molecule has 1 N–H and O–H groups in total. The van der Waals surface area contributed by atoms with Crippen LogP contribution < -0.4 is 4.74 Å². The highest BCUT2D eigenvalue weighted by Crippen LogP contribution is 2.34. The van der Waals surface area contributed by atoms with Crippen LogP contribution in [-0.2, 0) is 10.0 Å². The topological polar surface area (TPSA) is 70.1 Å². The van der Waals surface area contributed by atoms with Crippen LogP contribution in [0.5, 0.6) is 5.75 Å². The maximum absolute atomic E-state index is 13.5. The Bertz CT molecular complexity index is 1160. The molecule has 34 heavy (non-hydrogen) atoms. The highest BCUT2D eigenvalue weighted by Gasteiger charge is 2.38. The number of ether oxygens (including phenoxy) is 1. The van der Waals surface area contributed by atoms with Crippen molar-refractivity contribution in [2.24, 2.45) is 5.92 Å². The Morgan fingerprint density at radius 3 is 2.59 bits per heavy atom. The molecule has 1 aliphatic rings. The average Bonchev–Trinajstić information content (AvgIpc) is 2.79. The minimum absolute atomic E-state index is 0.0548. The van der Waals surface area contributed by atoms with Crippen LogP contribution in [0, 0.1) is 23.6 Å². The second-order valence-electron chi connectivity index (χ2n) is 8.92. The lowest BCUT2D eigenvalue weighted by Gasteiger charge is -2.37. The Kier molecular flexibility index (Phi) is 8.72. The zero-order valence-electron chi connectivity index (χ0n) is 20.2. The fourth-order valence-electron chi connectivity index (χ4n) is 4.01. The van der Waals surface area contributed by atoms with Gasteiger partial charge in [0, 0.05) is 36.2 Å². The molecule has 0 amide bonds. The second kappa shape index (κ2) is 11.3. The second-order valence-corrected chi connectivity index (χ2v) is 10.8. The molecule has 2 aromatic rings. The molecule has 2 aromatic carbocycles. The van der Waals surface area contributed by atoms with Gasteiger partial charge in [-0.3, -0.25) is 0 Å². The Labute approximate surface area is 202 Å². The maximum Gasteiger partial charge on any atom is 0.247 e. The third-order valence-corrected chi connectivity index (χ3v) is 7.96. The van der Waals surface area contributed by atoms with Crippen molar-refractivity contribution in [3.63, 3.8) is 0 Å². The standard InChI is InChI=1S/C26H33FN2O4S/c1-5-13-28(4)17-25-19(2)16-29(20(3)18-30)34(31,32)26-12-11-22(15-24(26)33-25)10-9-21-7-6-8-23(27)14-21/h6-8,11-12,14-15,19-20,25,30H,5,13,16-18H2,1-4H3/t19-,20+,25+/m0/s1. The van der Waals surface area contributed by atoms with Gasteiger partial charge in [-0.2, -0.15) is 4.31 Å². The van der Waals surface area contributed by atoms with E-state index in [0.29, 0.717) is 17.7 Å². The van der Waals surface area contributed by atoms with Crippen molar-refractivity contribution >= 4 is 10.0 Å². The van der Waals surface area contributed by atoms with E-state index in [1.807, 2.05) is 14.0 Å². The highest BCUT2D eigenvalue weighted by atomic mass is 32.2. The lowest BCUT2D eigenvalue weighted by molar-refractivity contribution is 0.0752. The van der Waals surface area contributed by atoms with Gasteiger partial charge in [-0.25, -0.2) is 12.8 Å². The maximum atomic E-state index is 13.5. The molecule has 0 fully saturated rings. The van der Waals surface area contributed by atoms with Crippen molar-refractivity contribution in [2.75, 3.05) is 33.3 Å². The van der Waals surface area contributed by atoms with Crippen molar-refractivity contribution in [1.29, 1.82) is 0 Å². The minimum Gasteiger partial charge on any atom is -0.487 e. The Morgan fingerprint density at radius 1 is 1.24 bits per heavy atom. The van der Waals surface area contributed by atoms with E-state index in [-0.39, 0.29) is 41.6 Å². The smallest absolute Gasteiger partial charge is 0.247 e. The molecule has 0 radical (unpaired) electrons. The van der Waals surface area contributed by atoms with Crippen LogP contribution >= 0.6 is 0 Å². The van der Waals surface area contributed by atoms with Gasteiger partial charge in [0.25, 0.3) is 0 Å². The molecule has 0 saturated carbocycles. The molecule has 184 valence electrons. The number of sulfonamides is 1. The molecule has 8 heteroatoms. The first-order valence-electron chi connectivity index (χ1n) is 11.5. The summed E-state index contributed by atoms with van der Waals surface area (Å²) in [5.74, 6) is 5.65. The van der Waals surface area contributed by atoms with Gasteiger partial charge in [-0.1, -0.05) is 31.8 Å². The summed E-state index contributed by atoms with van der Waals surface area (Å²) in [6.45, 7) is 7.27. The number of aliphatic hydroxyl groups is 1. The third kappa shape index (κ3) is 6.16. The summed E-state index contributed by atoms with van der Waals surface area (Å²) < 4.78 is 48.2. The Hall–Kier alpha value is -2.44. The quantitative estimate of drug-likeness (QED) is 0.632. The fraction of sp³-hybridized carbons (Fsp3) is 0.462. The molecule has 1 aliphatic heterocycles. The van der Waals surface area contributed by atoms with Gasteiger partial charge in [-0.15, -0.1) is 0 Å². The zero-order valence-corrected chi connectivity index (χ0v) is 21.0. The molecule has 0 bridgehead atoms. The van der Waals surface area contributed by atoms with Crippen molar-refractivity contribution in [1.82, 2.24) is 9.21 Å². The average molecular weight is 489 g/mol. The highest BCUT2D eigenvalue weighted by molar-refractivity contribution is 7.89. The summed E-state index contributed by atoms with van der Waals surface area (Å²) in [4.78, 5) is 2.23. The predicted octanol–water partition coefficient (Wildman–Crippen LogP) is 3.34. The number of halogens is 1. The first-order valence-corrected chi connectivity index (χ1v) is 13.0. The summed E-state index contributed by atoms with van der Waals surface area (Å²) in [5, 5.41) is 9.75. The summed E-state index contributed by atoms with van der Waals surface area (Å²) in [7, 11) is -1.88. The molecule has 1 heterocycles. The molecule has 0 aliphatic carbocycles. The van der Waals surface area contributed by atoms with E-state index < -0.39 is 16.1 Å². The molecule has 0 aromatic heterocycles. The van der Waals surface area contributed by atoms with Gasteiger partial charge in [0.15, 0.2) is 0 Å². The van der Waals surface area contributed by atoms with Crippen LogP contribution in [0.1, 0.15) is 38.3 Å². The number of aliphatic hydroxyl groups excluding tert-OH is 1. The summed E-state index contributed by atoms with van der Waals surface area (Å²) in [6, 6.07) is 10.2. The van der Waals surface area contributed by atoms with Crippen LogP contribution in [0.3, 0.4) is 0 Å². The Balaban J connectivity index is 2.05. The van der Waals surface area contributed by atoms with Crippen molar-refractivity contribution < 1.29 is 22.7 Å². The van der Waals surface area contributed by atoms with Crippen molar-refractivity contribution in [2.45, 2.75) is 44.2 Å². The number of nitrogens with zero attached hydrogens (tertiary/aromatic N) is 2. The number of benzene rings is 2. The molecular formula is C26H33FN2O4S. The number of hydrogen-bond donors (Lipinski definition) is 1. The Morgan fingerprint density at radius 2 is 1.94 bits per heavy atom. The van der Waals surface area contributed by atoms with E-state index in [1.54, 1.807) is 31.2 Å². The van der Waals surface area contributed by atoms with Gasteiger partial charge < -0.3 is 14.7 Å². The zero-order chi connectivity index (χ0) is 24.9. The molecular weight excluding hydrogens is 455 g/mol. The van der Waals surface area contributed by atoms with E-state index in [1.165, 1.54) is 22.5 Å². The fourth-order valence-corrected chi connectivity index (χ4v) is 5.84. The first kappa shape index (κ1) is 26.2. The minimum atomic E-state index is -3.90. The summed E-state index contributed by atoms with van der Waals surface area (Å²) in [5.41, 5.74) is 1.09. The van der Waals surface area contributed by atoms with Gasteiger partial charge in [0.2, 0.25) is 10.0 Å². The molecule has 3 atom stereocenters. The lowest BCUT2D eigenvalue weighted by Crippen LogP contribution is -2.49. The van der Waals surface area contributed by atoms with Gasteiger partial charge in [0.05, 0.1) is 6.61 Å². The van der Waals surface area contributed by atoms with Crippen LogP contribution in [-0.4, -0.2) is 68.2 Å². The van der Waals surface area contributed by atoms with Crippen molar-refractivity contribution in [3.05, 3.63) is 59.4 Å². The molecule has 0 spiro atoms. The summed E-state index contributed by atoms with van der Waals surface area (Å²) in [6.07, 6.45) is 0.737. The molecule has 0 saturated heterocycles. The monoisotopic (exact) mass is 488 g/mol. The van der Waals surface area contributed by atoms with Crippen molar-refractivity contribution in [3.8, 4) is 17.6 Å². The molecule has 3 rings (SSSR count). The predicted molar refractivity (Wildman–Crippen MR) is 131 cm³/mol. The third-order valence-electron chi connectivity index (χ3n) is 5.94. The van der Waals surface area contributed by atoms with Crippen LogP contribution in [0.25, 0.3) is 0 Å². The van der Waals surface area contributed by atoms with E-state index in [2.05, 4.69) is 23.7 Å². The normalized spacial score (nSPS) is 20.9. The van der Waals surface area contributed by atoms with E-state index in [0.717, 1.165) is 13.0 Å². The number of hydrogen-bond acceptors (Lipinski definition) is 5. The van der Waals surface area contributed by atoms with E-state index >= 15 is 0 Å². The lowest BCUT2D eigenvalue weighted by atomic mass is 10.0. The van der Waals surface area contributed by atoms with Crippen LogP contribution in [0.4, 0.5) is 4.39 Å². The number of fused-ring (bicyclic) bond motifs is 1. The van der Waals surface area contributed by atoms with E-state index in [4.69, 9.17) is 4.74 Å². The molecule has 6 nitrogen and oxygen atoms in total. The summed E-state index contributed by atoms with van der Waals surface area (Å²) >= 11 is 0. The SMILES string of the molecule is CCCN(C)C[C@H]1Oc2cc(C#Cc3cccc(F)c3)ccc2S(=O)(=O)N([C@H](C)CO)C[C@@H]1C. The van der Waals surface area contributed by atoms with Gasteiger partial charge in [0.1, 0.15) is 22.6 Å². The van der Waals surface area contributed by atoms with Crippen LogP contribution in [0.2, 0.25) is 0 Å². The largest absolute Gasteiger partial charge is 0.487 e. The number of rotatable bonds is 6. The van der Waals surface area contributed by atoms with Gasteiger partial charge in [-0.05, 0) is 63.3 Å². The molecule has 0 unspecified atom stereocenters. The van der Waals surface area contributed by atoms with Crippen LogP contribution in [0.15, 0.2) is 47.4 Å². The first-order chi connectivity index (χ1) is 16.1. The van der Waals surface area contributed by atoms with E-state index in [9.17, 15) is 17.9 Å².